The van der Waals surface area contributed by atoms with Gasteiger partial charge in [-0.05, 0) is 59.1 Å². The molecule has 1 aliphatic heterocycles. The third-order valence-electron chi connectivity index (χ3n) is 4.83. The number of aromatic nitrogens is 2. The summed E-state index contributed by atoms with van der Waals surface area (Å²) in [5.41, 5.74) is 5.11. The highest BCUT2D eigenvalue weighted by atomic mass is 79.9. The zero-order valence-corrected chi connectivity index (χ0v) is 18.2. The van der Waals surface area contributed by atoms with Crippen LogP contribution in [0.3, 0.4) is 0 Å². The Morgan fingerprint density at radius 2 is 2.04 bits per heavy atom. The maximum Gasteiger partial charge on any atom is 0.235 e. The number of methoxy groups -OCH3 is 1. The van der Waals surface area contributed by atoms with E-state index in [1.165, 1.54) is 0 Å². The predicted octanol–water partition coefficient (Wildman–Crippen LogP) is 5.03. The van der Waals surface area contributed by atoms with Gasteiger partial charge >= 0.3 is 0 Å². The molecule has 1 amide bonds. The molecule has 0 radical (unpaired) electrons. The van der Waals surface area contributed by atoms with Crippen LogP contribution in [-0.2, 0) is 4.79 Å². The number of carbonyl (C=O) groups is 1. The molecule has 3 aromatic rings. The van der Waals surface area contributed by atoms with Crippen molar-refractivity contribution in [2.45, 2.75) is 19.1 Å². The molecule has 5 nitrogen and oxygen atoms in total. The van der Waals surface area contributed by atoms with E-state index in [4.69, 9.17) is 9.84 Å². The summed E-state index contributed by atoms with van der Waals surface area (Å²) in [6.45, 7) is 4.04. The SMILES string of the molecule is COc1ccc([C@H]2SCC(=O)Nc3c2c(C)nn3-c2ccccc2C)cc1Br. The molecule has 28 heavy (non-hydrogen) atoms. The van der Waals surface area contributed by atoms with Crippen LogP contribution in [0, 0.1) is 13.8 Å². The van der Waals surface area contributed by atoms with Crippen molar-refractivity contribution in [1.82, 2.24) is 9.78 Å². The molecule has 0 spiro atoms. The Bertz CT molecular complexity index is 1060. The molecule has 2 aromatic carbocycles. The molecule has 7 heteroatoms. The summed E-state index contributed by atoms with van der Waals surface area (Å²) in [6.07, 6.45) is 0. The van der Waals surface area contributed by atoms with E-state index in [0.717, 1.165) is 44.1 Å². The van der Waals surface area contributed by atoms with Gasteiger partial charge in [-0.15, -0.1) is 11.8 Å². The third kappa shape index (κ3) is 3.33. The molecule has 1 aromatic heterocycles. The lowest BCUT2D eigenvalue weighted by atomic mass is 10.0. The number of aryl methyl sites for hydroxylation is 2. The Kier molecular flexibility index (Phi) is 5.21. The van der Waals surface area contributed by atoms with Gasteiger partial charge in [-0.2, -0.15) is 5.10 Å². The van der Waals surface area contributed by atoms with Gasteiger partial charge in [0.1, 0.15) is 11.6 Å². The first kappa shape index (κ1) is 19.1. The third-order valence-corrected chi connectivity index (χ3v) is 6.72. The number of amides is 1. The highest BCUT2D eigenvalue weighted by Crippen LogP contribution is 2.45. The number of ether oxygens (including phenoxy) is 1. The molecule has 0 saturated carbocycles. The highest BCUT2D eigenvalue weighted by Gasteiger charge is 2.31. The molecular weight excluding hydrogens is 438 g/mol. The van der Waals surface area contributed by atoms with Crippen LogP contribution in [0.2, 0.25) is 0 Å². The fourth-order valence-electron chi connectivity index (χ4n) is 3.47. The smallest absolute Gasteiger partial charge is 0.235 e. The van der Waals surface area contributed by atoms with Crippen molar-refractivity contribution in [3.8, 4) is 11.4 Å². The maximum atomic E-state index is 12.5. The van der Waals surface area contributed by atoms with E-state index in [0.29, 0.717) is 5.75 Å². The first-order valence-corrected chi connectivity index (χ1v) is 10.7. The van der Waals surface area contributed by atoms with Crippen molar-refractivity contribution >= 4 is 39.4 Å². The van der Waals surface area contributed by atoms with E-state index < -0.39 is 0 Å². The number of nitrogens with one attached hydrogen (secondary N) is 1. The molecule has 2 heterocycles. The zero-order chi connectivity index (χ0) is 19.8. The number of hydrogen-bond donors (Lipinski definition) is 1. The average Bonchev–Trinajstić information content (AvgIpc) is 2.87. The lowest BCUT2D eigenvalue weighted by molar-refractivity contribution is -0.113. The summed E-state index contributed by atoms with van der Waals surface area (Å²) in [7, 11) is 1.65. The van der Waals surface area contributed by atoms with Crippen LogP contribution in [0.1, 0.15) is 27.6 Å². The Balaban J connectivity index is 1.89. The minimum atomic E-state index is -0.0175. The monoisotopic (exact) mass is 457 g/mol. The molecule has 4 rings (SSSR count). The van der Waals surface area contributed by atoms with Gasteiger partial charge in [-0.3, -0.25) is 4.79 Å². The summed E-state index contributed by atoms with van der Waals surface area (Å²) in [4.78, 5) is 12.5. The average molecular weight is 458 g/mol. The predicted molar refractivity (Wildman–Crippen MR) is 117 cm³/mol. The number of fused-ring (bicyclic) bond motifs is 1. The van der Waals surface area contributed by atoms with Crippen LogP contribution < -0.4 is 10.1 Å². The minimum absolute atomic E-state index is 0.00563. The molecule has 144 valence electrons. The largest absolute Gasteiger partial charge is 0.496 e. The first-order valence-electron chi connectivity index (χ1n) is 8.90. The van der Waals surface area contributed by atoms with Gasteiger partial charge in [0, 0.05) is 5.56 Å². The van der Waals surface area contributed by atoms with Crippen molar-refractivity contribution < 1.29 is 9.53 Å². The van der Waals surface area contributed by atoms with Crippen molar-refractivity contribution in [1.29, 1.82) is 0 Å². The lowest BCUT2D eigenvalue weighted by Crippen LogP contribution is -2.16. The van der Waals surface area contributed by atoms with E-state index in [1.807, 2.05) is 54.9 Å². The topological polar surface area (TPSA) is 56.1 Å². The minimum Gasteiger partial charge on any atom is -0.496 e. The number of para-hydroxylation sites is 1. The molecule has 1 N–H and O–H groups in total. The Labute approximate surface area is 176 Å². The zero-order valence-electron chi connectivity index (χ0n) is 15.8. The quantitative estimate of drug-likeness (QED) is 0.598. The van der Waals surface area contributed by atoms with Crippen LogP contribution in [0.25, 0.3) is 5.69 Å². The lowest BCUT2D eigenvalue weighted by Gasteiger charge is -2.17. The molecule has 0 bridgehead atoms. The molecule has 0 saturated heterocycles. The van der Waals surface area contributed by atoms with Gasteiger partial charge in [0.2, 0.25) is 5.91 Å². The summed E-state index contributed by atoms with van der Waals surface area (Å²) >= 11 is 5.19. The van der Waals surface area contributed by atoms with E-state index >= 15 is 0 Å². The fraction of sp³-hybridized carbons (Fsp3) is 0.238. The van der Waals surface area contributed by atoms with Gasteiger partial charge in [0.05, 0.1) is 34.0 Å². The van der Waals surface area contributed by atoms with Crippen molar-refractivity contribution in [2.75, 3.05) is 18.2 Å². The van der Waals surface area contributed by atoms with E-state index in [1.54, 1.807) is 18.9 Å². The number of rotatable bonds is 3. The summed E-state index contributed by atoms with van der Waals surface area (Å²) in [5, 5.41) is 7.86. The number of hydrogen-bond acceptors (Lipinski definition) is 4. The highest BCUT2D eigenvalue weighted by molar-refractivity contribution is 9.10. The Hall–Kier alpha value is -2.25. The van der Waals surface area contributed by atoms with Gasteiger partial charge in [0.25, 0.3) is 0 Å². The van der Waals surface area contributed by atoms with Crippen LogP contribution in [0.5, 0.6) is 5.75 Å². The number of carbonyl (C=O) groups excluding carboxylic acids is 1. The Morgan fingerprint density at radius 3 is 2.75 bits per heavy atom. The van der Waals surface area contributed by atoms with Crippen molar-refractivity contribution in [2.24, 2.45) is 0 Å². The van der Waals surface area contributed by atoms with E-state index in [9.17, 15) is 4.79 Å². The standard InChI is InChI=1S/C21H20BrN3O2S/c1-12-6-4-5-7-16(12)25-21-19(13(2)24-25)20(28-11-18(26)23-21)14-8-9-17(27-3)15(22)10-14/h4-10,20H,11H2,1-3H3,(H,23,26)/t20-/m1/s1. The van der Waals surface area contributed by atoms with Crippen molar-refractivity contribution in [3.05, 3.63) is 69.3 Å². The number of halogens is 1. The number of benzene rings is 2. The second-order valence-electron chi connectivity index (χ2n) is 6.68. The Morgan fingerprint density at radius 1 is 1.25 bits per heavy atom. The van der Waals surface area contributed by atoms with Gasteiger partial charge in [-0.25, -0.2) is 4.68 Å². The maximum absolute atomic E-state index is 12.5. The molecule has 0 aliphatic carbocycles. The molecular formula is C21H20BrN3O2S. The van der Waals surface area contributed by atoms with Gasteiger partial charge < -0.3 is 10.1 Å². The first-order chi connectivity index (χ1) is 13.5. The molecule has 0 fully saturated rings. The number of nitrogens with zero attached hydrogens (tertiary/aromatic N) is 2. The molecule has 1 atom stereocenters. The summed E-state index contributed by atoms with van der Waals surface area (Å²) in [6, 6.07) is 14.1. The van der Waals surface area contributed by atoms with Crippen LogP contribution >= 0.6 is 27.7 Å². The molecule has 0 unspecified atom stereocenters. The number of thioether (sulfide) groups is 1. The molecule has 1 aliphatic rings. The second kappa shape index (κ2) is 7.64. The normalized spacial score (nSPS) is 16.3. The van der Waals surface area contributed by atoms with Crippen molar-refractivity contribution in [3.63, 3.8) is 0 Å². The van der Waals surface area contributed by atoms with Crippen LogP contribution in [-0.4, -0.2) is 28.6 Å². The number of anilines is 1. The summed E-state index contributed by atoms with van der Waals surface area (Å²) in [5.74, 6) is 1.90. The van der Waals surface area contributed by atoms with Gasteiger partial charge in [0.15, 0.2) is 0 Å². The van der Waals surface area contributed by atoms with Gasteiger partial charge in [-0.1, -0.05) is 24.3 Å². The second-order valence-corrected chi connectivity index (χ2v) is 8.63. The summed E-state index contributed by atoms with van der Waals surface area (Å²) < 4.78 is 8.11. The van der Waals surface area contributed by atoms with E-state index in [-0.39, 0.29) is 11.2 Å². The fourth-order valence-corrected chi connectivity index (χ4v) is 5.20. The van der Waals surface area contributed by atoms with Crippen LogP contribution in [0.15, 0.2) is 46.9 Å². The van der Waals surface area contributed by atoms with Crippen LogP contribution in [0.4, 0.5) is 5.82 Å². The van der Waals surface area contributed by atoms with E-state index in [2.05, 4.69) is 27.3 Å².